The fourth-order valence-corrected chi connectivity index (χ4v) is 2.72. The lowest BCUT2D eigenvalue weighted by Gasteiger charge is -2.40. The zero-order chi connectivity index (χ0) is 13.2. The van der Waals surface area contributed by atoms with Gasteiger partial charge >= 0.3 is 0 Å². The van der Waals surface area contributed by atoms with Crippen molar-refractivity contribution in [1.82, 2.24) is 0 Å². The van der Waals surface area contributed by atoms with Crippen LogP contribution in [0.3, 0.4) is 0 Å². The van der Waals surface area contributed by atoms with Crippen LogP contribution < -0.4 is 0 Å². The molecule has 0 N–H and O–H groups in total. The third-order valence-corrected chi connectivity index (χ3v) is 4.22. The molecule has 0 amide bonds. The molecular weight excluding hydrogens is 271 g/mol. The number of carbonyl (C=O) groups is 1. The van der Waals surface area contributed by atoms with Gasteiger partial charge in [-0.1, -0.05) is 23.2 Å². The third-order valence-electron chi connectivity index (χ3n) is 3.61. The number of hydrogen-bond acceptors (Lipinski definition) is 2. The van der Waals surface area contributed by atoms with Crippen LogP contribution in [0.15, 0.2) is 18.2 Å². The van der Waals surface area contributed by atoms with E-state index in [9.17, 15) is 4.79 Å². The van der Waals surface area contributed by atoms with Crippen molar-refractivity contribution in [3.8, 4) is 0 Å². The number of methoxy groups -OCH3 is 1. The highest BCUT2D eigenvalue weighted by Gasteiger charge is 2.38. The lowest BCUT2D eigenvalue weighted by atomic mass is 9.76. The predicted octanol–water partition coefficient (Wildman–Crippen LogP) is 4.06. The van der Waals surface area contributed by atoms with E-state index in [1.54, 1.807) is 25.3 Å². The van der Waals surface area contributed by atoms with E-state index in [1.807, 2.05) is 0 Å². The van der Waals surface area contributed by atoms with E-state index in [0.29, 0.717) is 22.9 Å². The maximum Gasteiger partial charge on any atom is 0.140 e. The van der Waals surface area contributed by atoms with Gasteiger partial charge < -0.3 is 4.74 Å². The van der Waals surface area contributed by atoms with Crippen LogP contribution in [0, 0.1) is 0 Å². The van der Waals surface area contributed by atoms with Crippen LogP contribution >= 0.6 is 23.2 Å². The van der Waals surface area contributed by atoms with Crippen molar-refractivity contribution < 1.29 is 9.53 Å². The molecule has 2 rings (SSSR count). The van der Waals surface area contributed by atoms with E-state index in [0.717, 1.165) is 24.8 Å². The van der Waals surface area contributed by atoms with Crippen LogP contribution in [0.1, 0.15) is 31.2 Å². The summed E-state index contributed by atoms with van der Waals surface area (Å²) >= 11 is 12.0. The van der Waals surface area contributed by atoms with Crippen LogP contribution in [-0.2, 0) is 16.0 Å². The zero-order valence-electron chi connectivity index (χ0n) is 10.3. The van der Waals surface area contributed by atoms with Gasteiger partial charge in [0.2, 0.25) is 0 Å². The number of benzene rings is 1. The number of Topliss-reactive ketones (excluding diaryl/α,β-unsaturated/α-hetero) is 1. The molecule has 1 aromatic carbocycles. The number of hydrogen-bond donors (Lipinski definition) is 0. The molecule has 18 heavy (non-hydrogen) atoms. The monoisotopic (exact) mass is 286 g/mol. The molecule has 1 aliphatic rings. The second-order valence-corrected chi connectivity index (χ2v) is 5.71. The second kappa shape index (κ2) is 5.60. The molecule has 0 spiro atoms. The fraction of sp³-hybridized carbons (Fsp3) is 0.500. The van der Waals surface area contributed by atoms with Gasteiger partial charge in [0.1, 0.15) is 5.78 Å². The molecule has 0 bridgehead atoms. The first-order valence-corrected chi connectivity index (χ1v) is 6.81. The van der Waals surface area contributed by atoms with Gasteiger partial charge in [-0.3, -0.25) is 4.79 Å². The summed E-state index contributed by atoms with van der Waals surface area (Å²) in [6.07, 6.45) is 3.87. The van der Waals surface area contributed by atoms with E-state index < -0.39 is 0 Å². The summed E-state index contributed by atoms with van der Waals surface area (Å²) in [5, 5.41) is 1.19. The van der Waals surface area contributed by atoms with E-state index >= 15 is 0 Å². The van der Waals surface area contributed by atoms with Gasteiger partial charge in [0, 0.05) is 30.0 Å². The van der Waals surface area contributed by atoms with Gasteiger partial charge in [-0.2, -0.15) is 0 Å². The molecule has 1 saturated carbocycles. The van der Waals surface area contributed by atoms with Crippen LogP contribution in [0.5, 0.6) is 0 Å². The number of halogens is 2. The molecule has 4 heteroatoms. The van der Waals surface area contributed by atoms with Crippen molar-refractivity contribution in [2.75, 3.05) is 7.11 Å². The fourth-order valence-electron chi connectivity index (χ4n) is 2.34. The van der Waals surface area contributed by atoms with Crippen molar-refractivity contribution in [3.05, 3.63) is 33.8 Å². The SMILES string of the molecule is COC1(CC(=O)Cc2cc(Cl)ccc2Cl)CCC1. The maximum atomic E-state index is 12.1. The van der Waals surface area contributed by atoms with Crippen molar-refractivity contribution in [2.24, 2.45) is 0 Å². The molecule has 1 fully saturated rings. The largest absolute Gasteiger partial charge is 0.378 e. The van der Waals surface area contributed by atoms with Crippen molar-refractivity contribution in [2.45, 2.75) is 37.7 Å². The van der Waals surface area contributed by atoms with E-state index in [4.69, 9.17) is 27.9 Å². The van der Waals surface area contributed by atoms with Crippen molar-refractivity contribution in [1.29, 1.82) is 0 Å². The summed E-state index contributed by atoms with van der Waals surface area (Å²) in [6.45, 7) is 0. The van der Waals surface area contributed by atoms with Gasteiger partial charge in [0.15, 0.2) is 0 Å². The summed E-state index contributed by atoms with van der Waals surface area (Å²) in [5.74, 6) is 0.153. The van der Waals surface area contributed by atoms with Gasteiger partial charge in [0.25, 0.3) is 0 Å². The minimum absolute atomic E-state index is 0.153. The number of carbonyl (C=O) groups excluding carboxylic acids is 1. The van der Waals surface area contributed by atoms with E-state index in [1.165, 1.54) is 0 Å². The molecule has 0 saturated heterocycles. The van der Waals surface area contributed by atoms with Crippen LogP contribution in [0.25, 0.3) is 0 Å². The van der Waals surface area contributed by atoms with Crippen molar-refractivity contribution in [3.63, 3.8) is 0 Å². The standard InChI is InChI=1S/C14H16Cl2O2/c1-18-14(5-2-6-14)9-12(17)8-10-7-11(15)3-4-13(10)16/h3-4,7H,2,5-6,8-9H2,1H3. The average molecular weight is 287 g/mol. The summed E-state index contributed by atoms with van der Waals surface area (Å²) in [7, 11) is 1.68. The minimum Gasteiger partial charge on any atom is -0.378 e. The summed E-state index contributed by atoms with van der Waals surface area (Å²) in [5.41, 5.74) is 0.571. The molecule has 0 aromatic heterocycles. The Labute approximate surface area is 117 Å². The Balaban J connectivity index is 2.00. The highest BCUT2D eigenvalue weighted by Crippen LogP contribution is 2.38. The lowest BCUT2D eigenvalue weighted by Crippen LogP contribution is -2.41. The Morgan fingerprint density at radius 3 is 2.67 bits per heavy atom. The maximum absolute atomic E-state index is 12.1. The minimum atomic E-state index is -0.220. The molecule has 0 atom stereocenters. The number of rotatable bonds is 5. The van der Waals surface area contributed by atoms with Gasteiger partial charge in [-0.15, -0.1) is 0 Å². The van der Waals surface area contributed by atoms with Crippen LogP contribution in [0.4, 0.5) is 0 Å². The summed E-state index contributed by atoms with van der Waals surface area (Å²) in [6, 6.07) is 5.20. The highest BCUT2D eigenvalue weighted by atomic mass is 35.5. The molecule has 1 aromatic rings. The van der Waals surface area contributed by atoms with Crippen LogP contribution in [-0.4, -0.2) is 18.5 Å². The third kappa shape index (κ3) is 3.05. The molecule has 0 unspecified atom stereocenters. The lowest BCUT2D eigenvalue weighted by molar-refractivity contribution is -0.131. The Hall–Kier alpha value is -0.570. The normalized spacial score (nSPS) is 17.3. The first-order chi connectivity index (χ1) is 8.54. The van der Waals surface area contributed by atoms with Gasteiger partial charge in [-0.25, -0.2) is 0 Å². The summed E-state index contributed by atoms with van der Waals surface area (Å²) in [4.78, 5) is 12.1. The Morgan fingerprint density at radius 1 is 1.39 bits per heavy atom. The van der Waals surface area contributed by atoms with Gasteiger partial charge in [0.05, 0.1) is 5.60 Å². The van der Waals surface area contributed by atoms with E-state index in [-0.39, 0.29) is 11.4 Å². The molecule has 2 nitrogen and oxygen atoms in total. The highest BCUT2D eigenvalue weighted by molar-refractivity contribution is 6.33. The molecule has 0 heterocycles. The summed E-state index contributed by atoms with van der Waals surface area (Å²) < 4.78 is 5.46. The predicted molar refractivity (Wildman–Crippen MR) is 73.4 cm³/mol. The van der Waals surface area contributed by atoms with E-state index in [2.05, 4.69) is 0 Å². The molecule has 0 aliphatic heterocycles. The molecule has 1 aliphatic carbocycles. The van der Waals surface area contributed by atoms with Gasteiger partial charge in [-0.05, 0) is 43.0 Å². The Morgan fingerprint density at radius 2 is 2.11 bits per heavy atom. The molecular formula is C14H16Cl2O2. The average Bonchev–Trinajstić information content (AvgIpc) is 2.28. The molecule has 0 radical (unpaired) electrons. The Bertz CT molecular complexity index is 448. The number of ether oxygens (including phenoxy) is 1. The van der Waals surface area contributed by atoms with Crippen LogP contribution in [0.2, 0.25) is 10.0 Å². The number of ketones is 1. The first kappa shape index (κ1) is 13.9. The topological polar surface area (TPSA) is 26.3 Å². The quantitative estimate of drug-likeness (QED) is 0.816. The molecule has 98 valence electrons. The second-order valence-electron chi connectivity index (χ2n) is 4.87. The first-order valence-electron chi connectivity index (χ1n) is 6.05. The van der Waals surface area contributed by atoms with Crippen molar-refractivity contribution >= 4 is 29.0 Å². The Kier molecular flexibility index (Phi) is 4.31. The smallest absolute Gasteiger partial charge is 0.140 e. The zero-order valence-corrected chi connectivity index (χ0v) is 11.9.